The Hall–Kier alpha value is -1.53. The summed E-state index contributed by atoms with van der Waals surface area (Å²) in [5, 5.41) is 17.0. The lowest BCUT2D eigenvalue weighted by Crippen LogP contribution is -2.34. The van der Waals surface area contributed by atoms with Crippen LogP contribution in [0, 0.1) is 0 Å². The topological polar surface area (TPSA) is 90.7 Å². The number of aromatic nitrogens is 1. The first-order valence-electron chi connectivity index (χ1n) is 3.51. The van der Waals surface area contributed by atoms with E-state index in [0.29, 0.717) is 0 Å². The summed E-state index contributed by atoms with van der Waals surface area (Å²) in [6.07, 6.45) is -3.35. The molecule has 0 spiro atoms. The highest BCUT2D eigenvalue weighted by molar-refractivity contribution is 6.35. The van der Waals surface area contributed by atoms with Crippen molar-refractivity contribution >= 4 is 41.1 Å². The first-order valence-corrected chi connectivity index (χ1v) is 4.27. The van der Waals surface area contributed by atoms with Crippen LogP contribution >= 0.6 is 23.2 Å². The summed E-state index contributed by atoms with van der Waals surface area (Å²) in [5.41, 5.74) is -0.263. The van der Waals surface area contributed by atoms with Crippen LogP contribution in [0.3, 0.4) is 0 Å². The molecule has 6 nitrogen and oxygen atoms in total. The molecule has 0 aliphatic heterocycles. The maximum absolute atomic E-state index is 10.6. The van der Waals surface area contributed by atoms with E-state index in [9.17, 15) is 9.59 Å². The number of carboxylic acid groups (broad SMARTS) is 2. The minimum Gasteiger partial charge on any atom is -0.464 e. The average Bonchev–Trinajstić information content (AvgIpc) is 2.08. The molecular weight excluding hydrogens is 247 g/mol. The third-order valence-electron chi connectivity index (χ3n) is 1.42. The zero-order valence-corrected chi connectivity index (χ0v) is 8.53. The third-order valence-corrected chi connectivity index (χ3v) is 1.91. The number of amides is 2. The normalized spacial score (nSPS) is 9.73. The van der Waals surface area contributed by atoms with Crippen molar-refractivity contribution in [1.82, 2.24) is 4.98 Å². The second-order valence-electron chi connectivity index (χ2n) is 2.34. The summed E-state index contributed by atoms with van der Waals surface area (Å²) in [6, 6.07) is 2.39. The molecular formula is C7H4Cl2N2O4. The van der Waals surface area contributed by atoms with Crippen LogP contribution in [0.5, 0.6) is 0 Å². The van der Waals surface area contributed by atoms with Gasteiger partial charge in [-0.25, -0.2) is 14.6 Å². The molecule has 0 unspecified atom stereocenters. The molecule has 2 N–H and O–H groups in total. The van der Waals surface area contributed by atoms with Crippen LogP contribution in [-0.4, -0.2) is 27.4 Å². The summed E-state index contributed by atoms with van der Waals surface area (Å²) in [4.78, 5) is 24.8. The molecule has 1 rings (SSSR count). The Morgan fingerprint density at radius 2 is 1.73 bits per heavy atom. The van der Waals surface area contributed by atoms with Gasteiger partial charge >= 0.3 is 12.2 Å². The molecule has 1 heterocycles. The lowest BCUT2D eigenvalue weighted by molar-refractivity contribution is 0.184. The Balaban J connectivity index is 3.23. The third kappa shape index (κ3) is 2.48. The predicted molar refractivity (Wildman–Crippen MR) is 52.8 cm³/mol. The van der Waals surface area contributed by atoms with Crippen LogP contribution in [0.15, 0.2) is 12.1 Å². The summed E-state index contributed by atoms with van der Waals surface area (Å²) >= 11 is 11.0. The Morgan fingerprint density at radius 1 is 1.20 bits per heavy atom. The molecule has 1 aromatic rings. The molecule has 0 radical (unpaired) electrons. The van der Waals surface area contributed by atoms with Gasteiger partial charge in [0.2, 0.25) is 0 Å². The fourth-order valence-corrected chi connectivity index (χ4v) is 1.29. The molecule has 0 aliphatic rings. The molecule has 1 aromatic heterocycles. The Morgan fingerprint density at radius 3 is 2.13 bits per heavy atom. The minimum atomic E-state index is -1.67. The number of halogens is 2. The Kier molecular flexibility index (Phi) is 3.33. The van der Waals surface area contributed by atoms with Crippen molar-refractivity contribution in [2.24, 2.45) is 0 Å². The van der Waals surface area contributed by atoms with Crippen molar-refractivity contribution in [2.75, 3.05) is 4.90 Å². The van der Waals surface area contributed by atoms with Gasteiger partial charge in [-0.05, 0) is 12.1 Å². The average molecular weight is 251 g/mol. The van der Waals surface area contributed by atoms with Crippen molar-refractivity contribution < 1.29 is 19.8 Å². The van der Waals surface area contributed by atoms with Crippen molar-refractivity contribution in [3.8, 4) is 0 Å². The largest absolute Gasteiger partial charge is 0.464 e. The Bertz CT molecular complexity index is 409. The van der Waals surface area contributed by atoms with E-state index in [-0.39, 0.29) is 20.9 Å². The minimum absolute atomic E-state index is 0.0412. The molecule has 0 bridgehead atoms. The van der Waals surface area contributed by atoms with E-state index in [4.69, 9.17) is 33.4 Å². The van der Waals surface area contributed by atoms with Crippen LogP contribution in [0.25, 0.3) is 0 Å². The number of hydrogen-bond donors (Lipinski definition) is 2. The van der Waals surface area contributed by atoms with Gasteiger partial charge in [0, 0.05) is 0 Å². The van der Waals surface area contributed by atoms with E-state index in [1.165, 1.54) is 6.07 Å². The van der Waals surface area contributed by atoms with Crippen LogP contribution in [0.1, 0.15) is 0 Å². The molecule has 8 heteroatoms. The van der Waals surface area contributed by atoms with Gasteiger partial charge in [0.15, 0.2) is 5.15 Å². The molecule has 80 valence electrons. The molecule has 0 atom stereocenters. The number of anilines is 1. The van der Waals surface area contributed by atoms with Gasteiger partial charge in [-0.2, -0.15) is 4.90 Å². The SMILES string of the molecule is O=C(O)N(C(=O)O)c1ccc(Cl)nc1Cl. The number of rotatable bonds is 1. The lowest BCUT2D eigenvalue weighted by Gasteiger charge is -2.13. The van der Waals surface area contributed by atoms with Gasteiger partial charge in [0.05, 0.1) is 5.69 Å². The van der Waals surface area contributed by atoms with E-state index >= 15 is 0 Å². The van der Waals surface area contributed by atoms with Crippen LogP contribution < -0.4 is 4.90 Å². The van der Waals surface area contributed by atoms with Crippen LogP contribution in [0.2, 0.25) is 10.3 Å². The maximum Gasteiger partial charge on any atom is 0.421 e. The van der Waals surface area contributed by atoms with Crippen LogP contribution in [-0.2, 0) is 0 Å². The first kappa shape index (κ1) is 11.5. The Labute approximate surface area is 93.7 Å². The second kappa shape index (κ2) is 4.33. The summed E-state index contributed by atoms with van der Waals surface area (Å²) in [6.45, 7) is 0. The molecule has 0 saturated carbocycles. The van der Waals surface area contributed by atoms with E-state index in [2.05, 4.69) is 4.98 Å². The monoisotopic (exact) mass is 250 g/mol. The number of pyridine rings is 1. The zero-order valence-electron chi connectivity index (χ0n) is 7.02. The van der Waals surface area contributed by atoms with Gasteiger partial charge in [0.1, 0.15) is 5.15 Å². The number of carbonyl (C=O) groups is 2. The molecule has 0 saturated heterocycles. The van der Waals surface area contributed by atoms with E-state index in [0.717, 1.165) is 6.07 Å². The van der Waals surface area contributed by atoms with Crippen LogP contribution in [0.4, 0.5) is 15.3 Å². The van der Waals surface area contributed by atoms with Crippen molar-refractivity contribution in [3.63, 3.8) is 0 Å². The van der Waals surface area contributed by atoms with Crippen molar-refractivity contribution in [2.45, 2.75) is 0 Å². The molecule has 0 aromatic carbocycles. The maximum atomic E-state index is 10.6. The fourth-order valence-electron chi connectivity index (χ4n) is 0.859. The first-order chi connectivity index (χ1) is 6.93. The van der Waals surface area contributed by atoms with E-state index in [1.807, 2.05) is 0 Å². The van der Waals surface area contributed by atoms with Gasteiger partial charge in [-0.3, -0.25) is 0 Å². The van der Waals surface area contributed by atoms with E-state index < -0.39 is 12.2 Å². The van der Waals surface area contributed by atoms with Gasteiger partial charge < -0.3 is 10.2 Å². The molecule has 15 heavy (non-hydrogen) atoms. The lowest BCUT2D eigenvalue weighted by atomic mass is 10.4. The molecule has 2 amide bonds. The number of hydrogen-bond acceptors (Lipinski definition) is 3. The number of nitrogens with zero attached hydrogens (tertiary/aromatic N) is 2. The van der Waals surface area contributed by atoms with Gasteiger partial charge in [-0.15, -0.1) is 0 Å². The number of imide groups is 1. The highest BCUT2D eigenvalue weighted by atomic mass is 35.5. The summed E-state index contributed by atoms with van der Waals surface area (Å²) in [7, 11) is 0. The smallest absolute Gasteiger partial charge is 0.421 e. The predicted octanol–water partition coefficient (Wildman–Crippen LogP) is 2.55. The standard InChI is InChI=1S/C7H4Cl2N2O4/c8-4-2-1-3(5(9)10-4)11(6(12)13)7(14)15/h1-2H,(H,12,13)(H,14,15). The van der Waals surface area contributed by atoms with Crippen molar-refractivity contribution in [1.29, 1.82) is 0 Å². The van der Waals surface area contributed by atoms with E-state index in [1.54, 1.807) is 0 Å². The summed E-state index contributed by atoms with van der Waals surface area (Å²) in [5.74, 6) is 0. The molecule has 0 fully saturated rings. The highest BCUT2D eigenvalue weighted by Gasteiger charge is 2.24. The van der Waals surface area contributed by atoms with Gasteiger partial charge in [0.25, 0.3) is 0 Å². The fraction of sp³-hybridized carbons (Fsp3) is 0. The highest BCUT2D eigenvalue weighted by Crippen LogP contribution is 2.25. The second-order valence-corrected chi connectivity index (χ2v) is 3.09. The quantitative estimate of drug-likeness (QED) is 0.748. The summed E-state index contributed by atoms with van der Waals surface area (Å²) < 4.78 is 0. The van der Waals surface area contributed by atoms with Gasteiger partial charge in [-0.1, -0.05) is 23.2 Å². The van der Waals surface area contributed by atoms with Crippen molar-refractivity contribution in [3.05, 3.63) is 22.4 Å². The molecule has 0 aliphatic carbocycles. The zero-order chi connectivity index (χ0) is 11.6.